The summed E-state index contributed by atoms with van der Waals surface area (Å²) in [6.07, 6.45) is 0.314. The van der Waals surface area contributed by atoms with Crippen LogP contribution in [0.1, 0.15) is 22.3 Å². The van der Waals surface area contributed by atoms with Crippen molar-refractivity contribution in [2.75, 3.05) is 25.7 Å². The Kier molecular flexibility index (Phi) is 7.82. The molecule has 4 rings (SSSR count). The van der Waals surface area contributed by atoms with Gasteiger partial charge in [-0.1, -0.05) is 35.3 Å². The molecular weight excluding hydrogens is 503 g/mol. The molecular formula is C27H24Cl2N2O5. The third kappa shape index (κ3) is 5.32. The minimum Gasteiger partial charge on any atom is -0.493 e. The van der Waals surface area contributed by atoms with Crippen molar-refractivity contribution in [3.63, 3.8) is 0 Å². The van der Waals surface area contributed by atoms with Gasteiger partial charge in [0.25, 0.3) is 11.8 Å². The molecule has 1 heterocycles. The largest absolute Gasteiger partial charge is 0.493 e. The van der Waals surface area contributed by atoms with Gasteiger partial charge < -0.3 is 14.4 Å². The van der Waals surface area contributed by atoms with Crippen molar-refractivity contribution in [2.45, 2.75) is 18.9 Å². The molecule has 0 aliphatic carbocycles. The Morgan fingerprint density at radius 2 is 1.67 bits per heavy atom. The van der Waals surface area contributed by atoms with Gasteiger partial charge in [0.1, 0.15) is 6.04 Å². The minimum absolute atomic E-state index is 0.129. The summed E-state index contributed by atoms with van der Waals surface area (Å²) in [7, 11) is 2.98. The number of hydrogen-bond acceptors (Lipinski definition) is 5. The molecule has 3 amide bonds. The Balaban J connectivity index is 1.67. The molecule has 1 aliphatic rings. The van der Waals surface area contributed by atoms with E-state index in [1.54, 1.807) is 48.5 Å². The van der Waals surface area contributed by atoms with Gasteiger partial charge in [-0.2, -0.15) is 0 Å². The van der Waals surface area contributed by atoms with Crippen LogP contribution in [0.2, 0.25) is 10.0 Å². The topological polar surface area (TPSA) is 76.2 Å². The number of imide groups is 1. The SMILES string of the molecule is COc1ccc(C(=O)N(CCc2cccc(Cl)c2)C2CC(=O)N(c3ccc(Cl)cc3)C2=O)cc1OC. The average molecular weight is 527 g/mol. The Labute approximate surface area is 219 Å². The number of carbonyl (C=O) groups excluding carboxylic acids is 3. The van der Waals surface area contributed by atoms with E-state index in [1.807, 2.05) is 18.2 Å². The lowest BCUT2D eigenvalue weighted by Crippen LogP contribution is -2.46. The number of amides is 3. The van der Waals surface area contributed by atoms with Crippen LogP contribution in [0, 0.1) is 0 Å². The molecule has 36 heavy (non-hydrogen) atoms. The third-order valence-electron chi connectivity index (χ3n) is 6.01. The van der Waals surface area contributed by atoms with E-state index in [2.05, 4.69) is 0 Å². The number of ether oxygens (including phenoxy) is 2. The molecule has 0 aromatic heterocycles. The van der Waals surface area contributed by atoms with Crippen molar-refractivity contribution >= 4 is 46.6 Å². The first-order chi connectivity index (χ1) is 17.3. The van der Waals surface area contributed by atoms with E-state index in [-0.39, 0.29) is 18.9 Å². The number of rotatable bonds is 8. The lowest BCUT2D eigenvalue weighted by atomic mass is 10.1. The van der Waals surface area contributed by atoms with E-state index in [9.17, 15) is 14.4 Å². The summed E-state index contributed by atoms with van der Waals surface area (Å²) in [5.74, 6) is -0.403. The van der Waals surface area contributed by atoms with E-state index in [4.69, 9.17) is 32.7 Å². The number of methoxy groups -OCH3 is 2. The van der Waals surface area contributed by atoms with Gasteiger partial charge in [0.2, 0.25) is 5.91 Å². The average Bonchev–Trinajstić information content (AvgIpc) is 3.17. The van der Waals surface area contributed by atoms with Gasteiger partial charge in [-0.25, -0.2) is 4.90 Å². The normalized spacial score (nSPS) is 15.2. The van der Waals surface area contributed by atoms with Gasteiger partial charge in [-0.3, -0.25) is 14.4 Å². The molecule has 0 N–H and O–H groups in total. The highest BCUT2D eigenvalue weighted by atomic mass is 35.5. The maximum Gasteiger partial charge on any atom is 0.257 e. The molecule has 0 spiro atoms. The molecule has 1 unspecified atom stereocenters. The van der Waals surface area contributed by atoms with Crippen molar-refractivity contribution in [1.82, 2.24) is 4.90 Å². The second-order valence-electron chi connectivity index (χ2n) is 8.21. The molecule has 1 atom stereocenters. The van der Waals surface area contributed by atoms with Crippen LogP contribution >= 0.6 is 23.2 Å². The zero-order valence-corrected chi connectivity index (χ0v) is 21.3. The van der Waals surface area contributed by atoms with E-state index >= 15 is 0 Å². The van der Waals surface area contributed by atoms with Crippen molar-refractivity contribution in [3.8, 4) is 11.5 Å². The van der Waals surface area contributed by atoms with Gasteiger partial charge in [0, 0.05) is 22.2 Å². The highest BCUT2D eigenvalue weighted by molar-refractivity contribution is 6.31. The fourth-order valence-corrected chi connectivity index (χ4v) is 4.54. The van der Waals surface area contributed by atoms with E-state index in [0.29, 0.717) is 39.2 Å². The van der Waals surface area contributed by atoms with Crippen molar-refractivity contribution in [3.05, 3.63) is 87.9 Å². The highest BCUT2D eigenvalue weighted by Crippen LogP contribution is 2.31. The monoisotopic (exact) mass is 526 g/mol. The molecule has 3 aromatic carbocycles. The quantitative estimate of drug-likeness (QED) is 0.385. The predicted octanol–water partition coefficient (Wildman–Crippen LogP) is 5.03. The second kappa shape index (κ2) is 11.0. The summed E-state index contributed by atoms with van der Waals surface area (Å²) in [5.41, 5.74) is 1.62. The van der Waals surface area contributed by atoms with Crippen molar-refractivity contribution < 1.29 is 23.9 Å². The van der Waals surface area contributed by atoms with Crippen molar-refractivity contribution in [2.24, 2.45) is 0 Å². The lowest BCUT2D eigenvalue weighted by molar-refractivity contribution is -0.122. The van der Waals surface area contributed by atoms with Crippen LogP contribution in [0.15, 0.2) is 66.7 Å². The van der Waals surface area contributed by atoms with Gasteiger partial charge in [0.15, 0.2) is 11.5 Å². The molecule has 3 aromatic rings. The van der Waals surface area contributed by atoms with Crippen LogP contribution < -0.4 is 14.4 Å². The summed E-state index contributed by atoms with van der Waals surface area (Å²) in [5, 5.41) is 1.06. The number of hydrogen-bond donors (Lipinski definition) is 0. The maximum atomic E-state index is 13.7. The van der Waals surface area contributed by atoms with Gasteiger partial charge in [-0.05, 0) is 66.6 Å². The summed E-state index contributed by atoms with van der Waals surface area (Å²) in [6.45, 7) is 0.200. The van der Waals surface area contributed by atoms with Crippen LogP contribution in [0.4, 0.5) is 5.69 Å². The fraction of sp³-hybridized carbons (Fsp3) is 0.222. The molecule has 0 bridgehead atoms. The molecule has 1 fully saturated rings. The van der Waals surface area contributed by atoms with Crippen LogP contribution in [-0.2, 0) is 16.0 Å². The smallest absolute Gasteiger partial charge is 0.257 e. The minimum atomic E-state index is -0.965. The van der Waals surface area contributed by atoms with Gasteiger partial charge in [0.05, 0.1) is 26.3 Å². The molecule has 9 heteroatoms. The molecule has 0 saturated carbocycles. The Hall–Kier alpha value is -3.55. The number of carbonyl (C=O) groups is 3. The van der Waals surface area contributed by atoms with E-state index < -0.39 is 17.9 Å². The molecule has 1 aliphatic heterocycles. The van der Waals surface area contributed by atoms with Crippen LogP contribution in [0.3, 0.4) is 0 Å². The van der Waals surface area contributed by atoms with Crippen molar-refractivity contribution in [1.29, 1.82) is 0 Å². The number of halogens is 2. The van der Waals surface area contributed by atoms with E-state index in [1.165, 1.54) is 19.1 Å². The highest BCUT2D eigenvalue weighted by Gasteiger charge is 2.44. The number of anilines is 1. The fourth-order valence-electron chi connectivity index (χ4n) is 4.20. The molecule has 7 nitrogen and oxygen atoms in total. The molecule has 0 radical (unpaired) electrons. The Morgan fingerprint density at radius 3 is 2.33 bits per heavy atom. The lowest BCUT2D eigenvalue weighted by Gasteiger charge is -2.28. The molecule has 186 valence electrons. The second-order valence-corrected chi connectivity index (χ2v) is 9.08. The first kappa shape index (κ1) is 25.5. The van der Waals surface area contributed by atoms with E-state index in [0.717, 1.165) is 10.5 Å². The maximum absolute atomic E-state index is 13.7. The van der Waals surface area contributed by atoms with Crippen LogP contribution in [0.5, 0.6) is 11.5 Å². The summed E-state index contributed by atoms with van der Waals surface area (Å²) >= 11 is 12.1. The van der Waals surface area contributed by atoms with Gasteiger partial charge >= 0.3 is 0 Å². The van der Waals surface area contributed by atoms with Crippen LogP contribution in [-0.4, -0.2) is 49.4 Å². The zero-order chi connectivity index (χ0) is 25.8. The van der Waals surface area contributed by atoms with Gasteiger partial charge in [-0.15, -0.1) is 0 Å². The standard InChI is InChI=1S/C27H24Cl2N2O5/c1-35-23-11-6-18(15-24(23)36-2)26(33)30(13-12-17-4-3-5-20(29)14-17)22-16-25(32)31(27(22)34)21-9-7-19(28)8-10-21/h3-11,14-15,22H,12-13,16H2,1-2H3. The van der Waals surface area contributed by atoms with Crippen LogP contribution in [0.25, 0.3) is 0 Å². The predicted molar refractivity (Wildman–Crippen MR) is 138 cm³/mol. The third-order valence-corrected chi connectivity index (χ3v) is 6.49. The molecule has 1 saturated heterocycles. The summed E-state index contributed by atoms with van der Waals surface area (Å²) in [4.78, 5) is 42.7. The number of benzene rings is 3. The first-order valence-corrected chi connectivity index (χ1v) is 12.0. The Bertz CT molecular complexity index is 1300. The Morgan fingerprint density at radius 1 is 0.944 bits per heavy atom. The summed E-state index contributed by atoms with van der Waals surface area (Å²) < 4.78 is 10.6. The first-order valence-electron chi connectivity index (χ1n) is 11.2. The number of nitrogens with zero attached hydrogens (tertiary/aromatic N) is 2. The summed E-state index contributed by atoms with van der Waals surface area (Å²) in [6, 6.07) is 17.5. The zero-order valence-electron chi connectivity index (χ0n) is 19.7.